The first-order valence-corrected chi connectivity index (χ1v) is 10.2. The quantitative estimate of drug-likeness (QED) is 0.614. The van der Waals surface area contributed by atoms with Gasteiger partial charge in [0.25, 0.3) is 0 Å². The van der Waals surface area contributed by atoms with Crippen LogP contribution < -0.4 is 10.6 Å². The van der Waals surface area contributed by atoms with E-state index in [1.54, 1.807) is 0 Å². The summed E-state index contributed by atoms with van der Waals surface area (Å²) in [6.45, 7) is 1.88. The second-order valence-corrected chi connectivity index (χ2v) is 8.34. The van der Waals surface area contributed by atoms with Crippen LogP contribution in [0.2, 0.25) is 0 Å². The van der Waals surface area contributed by atoms with Crippen LogP contribution in [0.25, 0.3) is 0 Å². The molecule has 0 aromatic heterocycles. The van der Waals surface area contributed by atoms with Gasteiger partial charge in [-0.25, -0.2) is 0 Å². The van der Waals surface area contributed by atoms with Crippen molar-refractivity contribution in [2.24, 2.45) is 0 Å². The first kappa shape index (κ1) is 18.1. The molecule has 1 saturated carbocycles. The van der Waals surface area contributed by atoms with Gasteiger partial charge < -0.3 is 10.6 Å². The maximum absolute atomic E-state index is 3.77. The highest BCUT2D eigenvalue weighted by molar-refractivity contribution is 9.10. The van der Waals surface area contributed by atoms with Crippen LogP contribution in [0.15, 0.2) is 57.5 Å². The fourth-order valence-electron chi connectivity index (χ4n) is 3.32. The topological polar surface area (TPSA) is 24.1 Å². The summed E-state index contributed by atoms with van der Waals surface area (Å²) >= 11 is 6.99. The molecule has 2 nitrogen and oxygen atoms in total. The van der Waals surface area contributed by atoms with Crippen molar-refractivity contribution in [2.45, 2.75) is 50.9 Å². The Morgan fingerprint density at radius 1 is 0.667 bits per heavy atom. The smallest absolute Gasteiger partial charge is 0.0224 e. The molecule has 24 heavy (non-hydrogen) atoms. The van der Waals surface area contributed by atoms with E-state index in [0.717, 1.165) is 22.0 Å². The third-order valence-corrected chi connectivity index (χ3v) is 5.79. The predicted molar refractivity (Wildman–Crippen MR) is 108 cm³/mol. The van der Waals surface area contributed by atoms with E-state index >= 15 is 0 Å². The van der Waals surface area contributed by atoms with Gasteiger partial charge in [-0.15, -0.1) is 0 Å². The minimum atomic E-state index is 0.554. The molecular formula is C20H24Br2N2. The van der Waals surface area contributed by atoms with Gasteiger partial charge in [0.15, 0.2) is 0 Å². The van der Waals surface area contributed by atoms with Gasteiger partial charge in [-0.05, 0) is 48.2 Å². The largest absolute Gasteiger partial charge is 0.308 e. The molecule has 0 amide bonds. The maximum atomic E-state index is 3.77. The van der Waals surface area contributed by atoms with Gasteiger partial charge in [0.1, 0.15) is 0 Å². The van der Waals surface area contributed by atoms with Crippen molar-refractivity contribution in [3.05, 3.63) is 68.6 Å². The molecule has 0 heterocycles. The van der Waals surface area contributed by atoms with E-state index in [1.807, 2.05) is 0 Å². The lowest BCUT2D eigenvalue weighted by molar-refractivity contribution is 0.281. The first-order chi connectivity index (χ1) is 11.7. The van der Waals surface area contributed by atoms with Crippen molar-refractivity contribution in [1.82, 2.24) is 10.6 Å². The Bertz CT molecular complexity index is 568. The number of rotatable bonds is 6. The fourth-order valence-corrected chi connectivity index (χ4v) is 3.85. The molecule has 2 aromatic carbocycles. The van der Waals surface area contributed by atoms with Gasteiger partial charge in [0.2, 0.25) is 0 Å². The zero-order chi connectivity index (χ0) is 16.8. The lowest BCUT2D eigenvalue weighted by Gasteiger charge is -2.33. The Labute approximate surface area is 161 Å². The Hall–Kier alpha value is -0.680. The van der Waals surface area contributed by atoms with Gasteiger partial charge in [-0.1, -0.05) is 69.0 Å². The number of benzene rings is 2. The van der Waals surface area contributed by atoms with Crippen LogP contribution in [-0.4, -0.2) is 12.1 Å². The minimum absolute atomic E-state index is 0.554. The van der Waals surface area contributed by atoms with Crippen molar-refractivity contribution in [2.75, 3.05) is 0 Å². The van der Waals surface area contributed by atoms with E-state index in [4.69, 9.17) is 0 Å². The molecule has 2 N–H and O–H groups in total. The van der Waals surface area contributed by atoms with Gasteiger partial charge in [-0.3, -0.25) is 0 Å². The SMILES string of the molecule is Brc1ccc(CNC2CCCCC2NCc2ccc(Br)cc2)cc1. The molecule has 1 fully saturated rings. The van der Waals surface area contributed by atoms with Crippen LogP contribution in [0.3, 0.4) is 0 Å². The van der Waals surface area contributed by atoms with Gasteiger partial charge in [0.05, 0.1) is 0 Å². The summed E-state index contributed by atoms with van der Waals surface area (Å²) in [5, 5.41) is 7.54. The summed E-state index contributed by atoms with van der Waals surface area (Å²) in [6.07, 6.45) is 5.17. The Kier molecular flexibility index (Phi) is 6.90. The van der Waals surface area contributed by atoms with Crippen LogP contribution in [0.4, 0.5) is 0 Å². The second-order valence-electron chi connectivity index (χ2n) is 6.51. The highest BCUT2D eigenvalue weighted by atomic mass is 79.9. The summed E-state index contributed by atoms with van der Waals surface area (Å²) in [6, 6.07) is 18.3. The highest BCUT2D eigenvalue weighted by Crippen LogP contribution is 2.20. The van der Waals surface area contributed by atoms with Crippen LogP contribution in [0, 0.1) is 0 Å². The average Bonchev–Trinajstić information content (AvgIpc) is 2.61. The van der Waals surface area contributed by atoms with E-state index < -0.39 is 0 Å². The molecule has 1 aliphatic rings. The molecule has 2 atom stereocenters. The lowest BCUT2D eigenvalue weighted by atomic mass is 9.90. The number of hydrogen-bond acceptors (Lipinski definition) is 2. The van der Waals surface area contributed by atoms with Crippen molar-refractivity contribution >= 4 is 31.9 Å². The molecule has 0 radical (unpaired) electrons. The molecule has 0 spiro atoms. The molecule has 0 saturated heterocycles. The molecule has 2 aromatic rings. The van der Waals surface area contributed by atoms with Gasteiger partial charge in [-0.2, -0.15) is 0 Å². The zero-order valence-electron chi connectivity index (χ0n) is 13.8. The molecule has 2 unspecified atom stereocenters. The second kappa shape index (κ2) is 9.14. The average molecular weight is 452 g/mol. The molecule has 0 aliphatic heterocycles. The first-order valence-electron chi connectivity index (χ1n) is 8.66. The molecule has 3 rings (SSSR count). The normalized spacial score (nSPS) is 20.9. The minimum Gasteiger partial charge on any atom is -0.308 e. The summed E-state index contributed by atoms with van der Waals surface area (Å²) in [5.41, 5.74) is 2.69. The lowest BCUT2D eigenvalue weighted by Crippen LogP contribution is -2.49. The highest BCUT2D eigenvalue weighted by Gasteiger charge is 2.24. The number of halogens is 2. The van der Waals surface area contributed by atoms with Crippen molar-refractivity contribution < 1.29 is 0 Å². The Morgan fingerprint density at radius 2 is 1.04 bits per heavy atom. The van der Waals surface area contributed by atoms with E-state index in [2.05, 4.69) is 91.0 Å². The third kappa shape index (κ3) is 5.41. The Morgan fingerprint density at radius 3 is 1.42 bits per heavy atom. The van der Waals surface area contributed by atoms with E-state index in [1.165, 1.54) is 36.8 Å². The molecule has 4 heteroatoms. The molecule has 1 aliphatic carbocycles. The number of hydrogen-bond donors (Lipinski definition) is 2. The summed E-state index contributed by atoms with van der Waals surface area (Å²) in [4.78, 5) is 0. The van der Waals surface area contributed by atoms with Crippen molar-refractivity contribution in [1.29, 1.82) is 0 Å². The van der Waals surface area contributed by atoms with E-state index in [9.17, 15) is 0 Å². The summed E-state index contributed by atoms with van der Waals surface area (Å²) in [7, 11) is 0. The van der Waals surface area contributed by atoms with Gasteiger partial charge in [0, 0.05) is 34.1 Å². The van der Waals surface area contributed by atoms with Crippen LogP contribution in [-0.2, 0) is 13.1 Å². The van der Waals surface area contributed by atoms with Gasteiger partial charge >= 0.3 is 0 Å². The summed E-state index contributed by atoms with van der Waals surface area (Å²) in [5.74, 6) is 0. The molecule has 128 valence electrons. The fraction of sp³-hybridized carbons (Fsp3) is 0.400. The third-order valence-electron chi connectivity index (χ3n) is 4.73. The van der Waals surface area contributed by atoms with Crippen LogP contribution in [0.1, 0.15) is 36.8 Å². The van der Waals surface area contributed by atoms with E-state index in [0.29, 0.717) is 12.1 Å². The van der Waals surface area contributed by atoms with Crippen LogP contribution in [0.5, 0.6) is 0 Å². The maximum Gasteiger partial charge on any atom is 0.0224 e. The predicted octanol–water partition coefficient (Wildman–Crippen LogP) is 5.40. The number of nitrogens with one attached hydrogen (secondary N) is 2. The van der Waals surface area contributed by atoms with Crippen LogP contribution >= 0.6 is 31.9 Å². The standard InChI is InChI=1S/C20H24Br2N2/c21-17-9-5-15(6-10-17)13-23-19-3-1-2-4-20(19)24-14-16-7-11-18(22)12-8-16/h5-12,19-20,23-24H,1-4,13-14H2. The van der Waals surface area contributed by atoms with Crippen molar-refractivity contribution in [3.8, 4) is 0 Å². The Balaban J connectivity index is 1.52. The molecule has 0 bridgehead atoms. The van der Waals surface area contributed by atoms with Crippen molar-refractivity contribution in [3.63, 3.8) is 0 Å². The van der Waals surface area contributed by atoms with E-state index in [-0.39, 0.29) is 0 Å². The monoisotopic (exact) mass is 450 g/mol. The molecular weight excluding hydrogens is 428 g/mol. The zero-order valence-corrected chi connectivity index (χ0v) is 16.9. The summed E-state index contributed by atoms with van der Waals surface area (Å²) < 4.78 is 2.27.